The fourth-order valence-electron chi connectivity index (χ4n) is 1.89. The Morgan fingerprint density at radius 3 is 1.89 bits per heavy atom. The van der Waals surface area contributed by atoms with E-state index in [2.05, 4.69) is 0 Å². The van der Waals surface area contributed by atoms with Crippen molar-refractivity contribution in [2.24, 2.45) is 0 Å². The molecular weight excluding hydrogens is 294 g/mol. The van der Waals surface area contributed by atoms with Gasteiger partial charge in [0.05, 0.1) is 6.16 Å². The van der Waals surface area contributed by atoms with Crippen molar-refractivity contribution >= 4 is 21.0 Å². The highest BCUT2D eigenvalue weighted by atomic mass is 31.2. The minimum atomic E-state index is -3.65. The maximum atomic E-state index is 12.3. The van der Waals surface area contributed by atoms with Gasteiger partial charge in [0.25, 0.3) is 0 Å². The Balaban J connectivity index is 3.21. The summed E-state index contributed by atoms with van der Waals surface area (Å²) in [5.41, 5.74) is 0.448. The monoisotopic (exact) mass is 312 g/mol. The van der Waals surface area contributed by atoms with Crippen LogP contribution >= 0.6 is 15.2 Å². The summed E-state index contributed by atoms with van der Waals surface area (Å²) in [6.45, 7) is 0. The molecule has 7 nitrogen and oxygen atoms in total. The van der Waals surface area contributed by atoms with E-state index in [-0.39, 0.29) is 23.7 Å². The van der Waals surface area contributed by atoms with Gasteiger partial charge in [0.1, 0.15) is 5.31 Å². The van der Waals surface area contributed by atoms with Crippen LogP contribution in [0.25, 0.3) is 0 Å². The molecule has 0 spiro atoms. The van der Waals surface area contributed by atoms with Crippen molar-refractivity contribution in [1.82, 2.24) is 0 Å². The van der Waals surface area contributed by atoms with E-state index in [0.29, 0.717) is 12.0 Å². The molecule has 0 fully saturated rings. The van der Waals surface area contributed by atoms with Crippen LogP contribution in [0, 0.1) is 0 Å². The molecule has 9 heteroatoms. The summed E-state index contributed by atoms with van der Waals surface area (Å²) in [4.78, 5) is 11.9. The second-order valence-corrected chi connectivity index (χ2v) is 8.31. The number of hydrogen-bond acceptors (Lipinski definition) is 7. The number of carbonyl (C=O) groups excluding carboxylic acids is 1. The maximum Gasteiger partial charge on any atom is 0.364 e. The number of hydrogen-bond donors (Lipinski definition) is 0. The second-order valence-electron chi connectivity index (χ2n) is 3.87. The highest BCUT2D eigenvalue weighted by Gasteiger charge is 2.41. The van der Waals surface area contributed by atoms with Gasteiger partial charge < -0.3 is 18.1 Å². The molecular formula is C10H18O7P2. The molecule has 0 bridgehead atoms. The third kappa shape index (κ3) is 3.43. The molecule has 0 aromatic heterocycles. The minimum Gasteiger partial charge on any atom is -0.312 e. The molecule has 19 heavy (non-hydrogen) atoms. The molecule has 1 rings (SSSR count). The van der Waals surface area contributed by atoms with Gasteiger partial charge in [-0.3, -0.25) is 13.9 Å². The summed E-state index contributed by atoms with van der Waals surface area (Å²) < 4.78 is 43.8. The first-order valence-electron chi connectivity index (χ1n) is 5.53. The Kier molecular flexibility index (Phi) is 5.68. The van der Waals surface area contributed by atoms with E-state index in [9.17, 15) is 13.9 Å². The van der Waals surface area contributed by atoms with Crippen molar-refractivity contribution in [2.45, 2.75) is 12.8 Å². The summed E-state index contributed by atoms with van der Waals surface area (Å²) in [6, 6.07) is 0. The van der Waals surface area contributed by atoms with E-state index < -0.39 is 15.2 Å². The number of allylic oxidation sites excluding steroid dienone is 2. The first kappa shape index (κ1) is 16.8. The van der Waals surface area contributed by atoms with Gasteiger partial charge in [-0.05, 0) is 12.0 Å². The Morgan fingerprint density at radius 1 is 0.947 bits per heavy atom. The molecule has 0 aliphatic heterocycles. The molecule has 110 valence electrons. The van der Waals surface area contributed by atoms with E-state index in [0.717, 1.165) is 0 Å². The van der Waals surface area contributed by atoms with E-state index in [1.165, 1.54) is 28.4 Å². The summed E-state index contributed by atoms with van der Waals surface area (Å²) in [7, 11) is -2.06. The lowest BCUT2D eigenvalue weighted by molar-refractivity contribution is -0.114. The van der Waals surface area contributed by atoms with Crippen LogP contribution < -0.4 is 0 Å². The van der Waals surface area contributed by atoms with E-state index >= 15 is 0 Å². The average molecular weight is 312 g/mol. The fraction of sp³-hybridized carbons (Fsp3) is 0.700. The number of Topliss-reactive ketones (excluding diaryl/α,β-unsaturated/α-hetero) is 1. The first-order chi connectivity index (χ1) is 8.85. The van der Waals surface area contributed by atoms with E-state index in [1.807, 2.05) is 0 Å². The normalized spacial score (nSPS) is 17.4. The zero-order valence-electron chi connectivity index (χ0n) is 11.4. The molecule has 0 heterocycles. The van der Waals surface area contributed by atoms with E-state index in [1.54, 1.807) is 0 Å². The summed E-state index contributed by atoms with van der Waals surface area (Å²) in [5.74, 6) is -0.319. The second kappa shape index (κ2) is 6.44. The molecule has 0 unspecified atom stereocenters. The number of carbonyl (C=O) groups is 1. The Labute approximate surface area is 112 Å². The standard InChI is InChI=1S/C10H18O7P2/c1-14-18(12,15-2)7-8-5-6-9(11)10(8)19(13,16-3)17-4/h5-7H2,1-4H3. The van der Waals surface area contributed by atoms with Crippen molar-refractivity contribution < 1.29 is 32.0 Å². The van der Waals surface area contributed by atoms with Gasteiger partial charge in [0.2, 0.25) is 0 Å². The van der Waals surface area contributed by atoms with Crippen LogP contribution in [-0.4, -0.2) is 40.4 Å². The molecule has 0 aromatic carbocycles. The molecule has 0 saturated carbocycles. The molecule has 0 atom stereocenters. The largest absolute Gasteiger partial charge is 0.364 e. The third-order valence-corrected chi connectivity index (χ3v) is 6.90. The van der Waals surface area contributed by atoms with Crippen LogP contribution in [-0.2, 0) is 32.0 Å². The fourth-order valence-corrected chi connectivity index (χ4v) is 4.72. The van der Waals surface area contributed by atoms with Crippen molar-refractivity contribution in [3.8, 4) is 0 Å². The Bertz CT molecular complexity index is 466. The van der Waals surface area contributed by atoms with E-state index in [4.69, 9.17) is 18.1 Å². The molecule has 0 aromatic rings. The molecule has 1 aliphatic rings. The molecule has 0 saturated heterocycles. The quantitative estimate of drug-likeness (QED) is 0.667. The lowest BCUT2D eigenvalue weighted by Gasteiger charge is -2.18. The van der Waals surface area contributed by atoms with Crippen molar-refractivity contribution in [3.63, 3.8) is 0 Å². The van der Waals surface area contributed by atoms with Crippen LogP contribution in [0.2, 0.25) is 0 Å². The SMILES string of the molecule is COP(=O)(CC1=C(P(=O)(OC)OC)C(=O)CC1)OC. The van der Waals surface area contributed by atoms with Gasteiger partial charge >= 0.3 is 15.2 Å². The van der Waals surface area contributed by atoms with Gasteiger partial charge in [0.15, 0.2) is 5.78 Å². The zero-order valence-corrected chi connectivity index (χ0v) is 13.2. The highest BCUT2D eigenvalue weighted by molar-refractivity contribution is 7.60. The maximum absolute atomic E-state index is 12.3. The van der Waals surface area contributed by atoms with Crippen molar-refractivity contribution in [1.29, 1.82) is 0 Å². The van der Waals surface area contributed by atoms with Crippen molar-refractivity contribution in [3.05, 3.63) is 10.9 Å². The lowest BCUT2D eigenvalue weighted by Crippen LogP contribution is -2.04. The van der Waals surface area contributed by atoms with Crippen molar-refractivity contribution in [2.75, 3.05) is 34.6 Å². The summed E-state index contributed by atoms with van der Waals surface area (Å²) >= 11 is 0. The van der Waals surface area contributed by atoms with Gasteiger partial charge in [-0.25, -0.2) is 0 Å². The number of ketones is 1. The Morgan fingerprint density at radius 2 is 1.47 bits per heavy atom. The number of rotatable bonds is 7. The summed E-state index contributed by atoms with van der Waals surface area (Å²) in [5, 5.41) is -0.0215. The molecule has 1 aliphatic carbocycles. The van der Waals surface area contributed by atoms with Crippen LogP contribution in [0.1, 0.15) is 12.8 Å². The highest BCUT2D eigenvalue weighted by Crippen LogP contribution is 2.61. The average Bonchev–Trinajstić information content (AvgIpc) is 2.79. The predicted molar refractivity (Wildman–Crippen MR) is 69.4 cm³/mol. The van der Waals surface area contributed by atoms with Gasteiger partial charge in [-0.2, -0.15) is 0 Å². The first-order valence-corrected chi connectivity index (χ1v) is 8.80. The molecule has 0 radical (unpaired) electrons. The minimum absolute atomic E-state index is 0.0215. The lowest BCUT2D eigenvalue weighted by atomic mass is 10.3. The van der Waals surface area contributed by atoms with Gasteiger partial charge in [-0.15, -0.1) is 0 Å². The molecule has 0 amide bonds. The van der Waals surface area contributed by atoms with Gasteiger partial charge in [0, 0.05) is 34.9 Å². The smallest absolute Gasteiger partial charge is 0.312 e. The van der Waals surface area contributed by atoms with Gasteiger partial charge in [-0.1, -0.05) is 0 Å². The Hall–Kier alpha value is -0.290. The van der Waals surface area contributed by atoms with Crippen LogP contribution in [0.5, 0.6) is 0 Å². The van der Waals surface area contributed by atoms with Crippen LogP contribution in [0.3, 0.4) is 0 Å². The topological polar surface area (TPSA) is 88.1 Å². The van der Waals surface area contributed by atoms with Crippen LogP contribution in [0.15, 0.2) is 10.9 Å². The van der Waals surface area contributed by atoms with Crippen LogP contribution in [0.4, 0.5) is 0 Å². The zero-order chi connectivity index (χ0) is 14.7. The summed E-state index contributed by atoms with van der Waals surface area (Å²) in [6.07, 6.45) is 0.439. The third-order valence-electron chi connectivity index (χ3n) is 2.95. The predicted octanol–water partition coefficient (Wildman–Crippen LogP) is 2.58. The molecule has 0 N–H and O–H groups in total.